The van der Waals surface area contributed by atoms with Gasteiger partial charge in [-0.2, -0.15) is 47.9 Å². The van der Waals surface area contributed by atoms with E-state index in [1.807, 2.05) is 123 Å². The number of esters is 1. The van der Waals surface area contributed by atoms with Gasteiger partial charge < -0.3 is 13.7 Å². The second-order valence-corrected chi connectivity index (χ2v) is 45.0. The average Bonchev–Trinajstić information content (AvgIpc) is 0.841. The van der Waals surface area contributed by atoms with Crippen molar-refractivity contribution in [3.8, 4) is 11.5 Å². The summed E-state index contributed by atoms with van der Waals surface area (Å²) in [6.07, 6.45) is -6.71. The fraction of sp³-hybridized carbons (Fsp3) is 0.170. The maximum Gasteiger partial charge on any atom is 0.534 e. The minimum Gasteiger partial charge on any atom is -0.481 e. The molecule has 0 saturated carbocycles. The predicted octanol–water partition coefficient (Wildman–Crippen LogP) is 21.0. The Balaban J connectivity index is 0.000000187. The van der Waals surface area contributed by atoms with E-state index < -0.39 is 164 Å². The molecule has 124 heavy (non-hydrogen) atoms. The van der Waals surface area contributed by atoms with Gasteiger partial charge in [0.25, 0.3) is 0 Å². The molecule has 36 heteroatoms. The zero-order valence-corrected chi connectivity index (χ0v) is 74.2. The first-order chi connectivity index (χ1) is 57.8. The number of rotatable bonds is 23. The summed E-state index contributed by atoms with van der Waals surface area (Å²) in [5.74, 6) is -5.98. The third-order valence-corrected chi connectivity index (χ3v) is 31.5. The van der Waals surface area contributed by atoms with Crippen LogP contribution < -0.4 is 8.92 Å². The Hall–Kier alpha value is -10.1. The second kappa shape index (κ2) is 40.5. The molecule has 0 N–H and O–H groups in total. The largest absolute Gasteiger partial charge is 0.534 e. The topological polar surface area (TPSA) is 215 Å². The lowest BCUT2D eigenvalue weighted by atomic mass is 10.1. The summed E-state index contributed by atoms with van der Waals surface area (Å²) in [6.45, 7) is 7.24. The number of aryl methyl sites for hydroxylation is 5. The summed E-state index contributed by atoms with van der Waals surface area (Å²) in [5.41, 5.74) is -3.62. The number of sulfone groups is 4. The van der Waals surface area contributed by atoms with E-state index in [0.29, 0.717) is 54.5 Å². The molecule has 12 aromatic rings. The molecule has 0 aliphatic carbocycles. The fourth-order valence-corrected chi connectivity index (χ4v) is 24.8. The van der Waals surface area contributed by atoms with Gasteiger partial charge in [0.15, 0.2) is 105 Å². The van der Waals surface area contributed by atoms with E-state index in [9.17, 15) is 104 Å². The highest BCUT2D eigenvalue weighted by Crippen LogP contribution is 2.43. The quantitative estimate of drug-likeness (QED) is 0.0191. The first-order valence-corrected chi connectivity index (χ1v) is 50.2. The lowest BCUT2D eigenvalue weighted by Crippen LogP contribution is -2.28. The molecule has 0 atom stereocenters. The van der Waals surface area contributed by atoms with Crippen molar-refractivity contribution in [2.45, 2.75) is 137 Å². The number of carbonyl (C=O) groups is 1. The molecule has 0 unspecified atom stereocenters. The minimum absolute atomic E-state index is 0.0236. The summed E-state index contributed by atoms with van der Waals surface area (Å²) in [6, 6.07) is 74.0. The van der Waals surface area contributed by atoms with Gasteiger partial charge in [-0.15, -0.1) is 0 Å². The summed E-state index contributed by atoms with van der Waals surface area (Å²) < 4.78 is 306. The van der Waals surface area contributed by atoms with Crippen LogP contribution in [0.15, 0.2) is 345 Å². The van der Waals surface area contributed by atoms with E-state index >= 15 is 0 Å². The smallest absolute Gasteiger partial charge is 0.481 e. The van der Waals surface area contributed by atoms with Crippen LogP contribution in [-0.4, -0.2) is 98.0 Å². The SMILES string of the molecule is CS(=O)(=O)c1c(F)cc([S+](c2ccccc2)c2cc(F)c(S(C)(=O)=O)c(F)c2)cc1F.Cc1cc([S+](c2cccc(S(C)(=O)=O)c2)c2cccc(S(C)(=O)=O)c2)cc(C(F)(F)F)c1.Cc1cc([S+](c2ccccc2)c2ccccc2)cc(C)c1OCC(=O)OCCC(F)(F)F.Cc1cc([S+](c2ccccc2)c2ccccc2)cc(C)c1OS(=O)(=O)C(F)(F)F. The normalized spacial score (nSPS) is 12.2. The summed E-state index contributed by atoms with van der Waals surface area (Å²) in [5, 5.41) is 0. The van der Waals surface area contributed by atoms with Crippen molar-refractivity contribution in [3.63, 3.8) is 0 Å². The molecular weight excluding hydrogens is 1820 g/mol. The van der Waals surface area contributed by atoms with Crippen LogP contribution >= 0.6 is 0 Å². The van der Waals surface area contributed by atoms with Gasteiger partial charge in [0.05, 0.1) is 65.4 Å². The van der Waals surface area contributed by atoms with Crippen LogP contribution in [0.2, 0.25) is 0 Å². The van der Waals surface area contributed by atoms with E-state index in [4.69, 9.17) is 4.74 Å². The Labute approximate surface area is 721 Å². The lowest BCUT2D eigenvalue weighted by Gasteiger charge is -2.15. The number of halogens is 13. The predicted molar refractivity (Wildman–Crippen MR) is 450 cm³/mol. The Morgan fingerprint density at radius 3 is 0.919 bits per heavy atom. The van der Waals surface area contributed by atoms with E-state index in [1.165, 1.54) is 60.0 Å². The third-order valence-electron chi connectivity index (χ3n) is 17.4. The van der Waals surface area contributed by atoms with Crippen molar-refractivity contribution >= 4 is 99.0 Å². The number of ether oxygens (including phenoxy) is 2. The Morgan fingerprint density at radius 2 is 0.621 bits per heavy atom. The Bertz CT molecular complexity index is 6110. The number of hydrogen-bond donors (Lipinski definition) is 0. The highest BCUT2D eigenvalue weighted by molar-refractivity contribution is 7.98. The van der Waals surface area contributed by atoms with Gasteiger partial charge in [-0.1, -0.05) is 103 Å². The monoisotopic (exact) mass is 1890 g/mol. The van der Waals surface area contributed by atoms with Crippen molar-refractivity contribution in [1.82, 2.24) is 0 Å². The zero-order chi connectivity index (χ0) is 91.4. The molecule has 0 spiro atoms. The van der Waals surface area contributed by atoms with Crippen molar-refractivity contribution < 1.29 is 118 Å². The van der Waals surface area contributed by atoms with Crippen LogP contribution in [-0.2, 0) is 109 Å². The minimum atomic E-state index is -5.73. The molecule has 0 amide bonds. The van der Waals surface area contributed by atoms with Crippen molar-refractivity contribution in [2.75, 3.05) is 38.2 Å². The number of alkyl halides is 9. The molecule has 14 nitrogen and oxygen atoms in total. The molecule has 12 rings (SSSR count). The maximum atomic E-state index is 14.5. The molecule has 0 fully saturated rings. The summed E-state index contributed by atoms with van der Waals surface area (Å²) in [4.78, 5) is 17.4. The Morgan fingerprint density at radius 1 is 0.331 bits per heavy atom. The molecule has 12 aromatic carbocycles. The molecule has 654 valence electrons. The highest BCUT2D eigenvalue weighted by atomic mass is 32.2. The van der Waals surface area contributed by atoms with Crippen LogP contribution in [0.3, 0.4) is 0 Å². The number of benzene rings is 12. The molecule has 0 saturated heterocycles. The lowest BCUT2D eigenvalue weighted by molar-refractivity contribution is -0.160. The fourth-order valence-electron chi connectivity index (χ4n) is 12.2. The summed E-state index contributed by atoms with van der Waals surface area (Å²) in [7, 11) is -24.8. The van der Waals surface area contributed by atoms with E-state index in [-0.39, 0.29) is 36.2 Å². The van der Waals surface area contributed by atoms with E-state index in [1.54, 1.807) is 67.6 Å². The van der Waals surface area contributed by atoms with Crippen molar-refractivity contribution in [3.05, 3.63) is 324 Å². The standard InChI is InChI=1S/C25H24F3O3S.C22H20F3O4S3.C21H18F3O3S2.C20H15F4O4S3/c1-18-15-22(32(20-9-5-3-6-10-20)21-11-7-4-8-12-21)16-19(2)24(18)31-17-23(29)30-14-13-25(26,27)28;1-15-10-16(22(23,24)25)12-19(11-15)30(17-6-4-8-20(13-17)31(2,26)27)18-7-5-9-21(14-18)32(3,28)29;1-15-13-19(14-16(2)20(15)27-29(25,26)21(22,23)24)28(17-9-5-3-6-10-17)18-11-7-4-8-12-18;1-30(25,26)19-15(21)8-13(9-16(19)22)29(12-6-4-3-5-7-12)14-10-17(23)20(18(24)11-14)31(2,27)28/h3-12,15-16H,13-14,17H2,1-2H3;4-14H,1-3H3;3-14H,1-2H3;3-11H,1-2H3/q4*+1. The molecule has 0 aliphatic rings. The van der Waals surface area contributed by atoms with Gasteiger partial charge in [-0.05, 0) is 159 Å². The first-order valence-electron chi connectivity index (χ1n) is 36.3. The van der Waals surface area contributed by atoms with Gasteiger partial charge in [-0.3, -0.25) is 0 Å². The summed E-state index contributed by atoms with van der Waals surface area (Å²) >= 11 is 0. The number of carbonyl (C=O) groups excluding carboxylic acids is 1. The van der Waals surface area contributed by atoms with Crippen LogP contribution in [0.5, 0.6) is 11.5 Å². The van der Waals surface area contributed by atoms with Gasteiger partial charge >= 0.3 is 33.9 Å². The van der Waals surface area contributed by atoms with E-state index in [0.717, 1.165) is 79.6 Å². The van der Waals surface area contributed by atoms with Crippen molar-refractivity contribution in [1.29, 1.82) is 0 Å². The molecule has 0 aromatic heterocycles. The van der Waals surface area contributed by atoms with Gasteiger partial charge in [0.2, 0.25) is 0 Å². The maximum absolute atomic E-state index is 14.5. The highest BCUT2D eigenvalue weighted by Gasteiger charge is 2.49. The third kappa shape index (κ3) is 26.1. The molecule has 0 bridgehead atoms. The van der Waals surface area contributed by atoms with Crippen LogP contribution in [0, 0.1) is 57.9 Å². The molecule has 0 aliphatic heterocycles. The van der Waals surface area contributed by atoms with Gasteiger partial charge in [0, 0.05) is 91.8 Å². The van der Waals surface area contributed by atoms with Crippen LogP contribution in [0.25, 0.3) is 0 Å². The van der Waals surface area contributed by atoms with Crippen LogP contribution in [0.4, 0.5) is 57.1 Å². The molecular formula is C88H77F13O14S9+4. The molecule has 0 heterocycles. The zero-order valence-electron chi connectivity index (χ0n) is 66.8. The first kappa shape index (κ1) is 97.8. The van der Waals surface area contributed by atoms with E-state index in [2.05, 4.69) is 33.2 Å². The van der Waals surface area contributed by atoms with Gasteiger partial charge in [0.1, 0.15) is 51.2 Å². The second-order valence-electron chi connectivity index (χ2n) is 27.4. The average molecular weight is 1890 g/mol. The van der Waals surface area contributed by atoms with Gasteiger partial charge in [-0.25, -0.2) is 56.0 Å². The van der Waals surface area contributed by atoms with Crippen LogP contribution in [0.1, 0.15) is 39.8 Å². The molecule has 0 radical (unpaired) electrons. The van der Waals surface area contributed by atoms with Crippen molar-refractivity contribution in [2.24, 2.45) is 0 Å². The number of hydrogen-bond acceptors (Lipinski definition) is 14. The Kier molecular flexibility index (Phi) is 31.9.